The zero-order valence-corrected chi connectivity index (χ0v) is 17.7. The summed E-state index contributed by atoms with van der Waals surface area (Å²) in [6.07, 6.45) is 0. The second-order valence-corrected chi connectivity index (χ2v) is 9.23. The van der Waals surface area contributed by atoms with Crippen molar-refractivity contribution in [3.05, 3.63) is 52.0 Å². The van der Waals surface area contributed by atoms with Gasteiger partial charge in [-0.3, -0.25) is 0 Å². The molecule has 0 bridgehead atoms. The van der Waals surface area contributed by atoms with E-state index in [2.05, 4.69) is 4.90 Å². The van der Waals surface area contributed by atoms with Gasteiger partial charge < -0.3 is 9.64 Å². The van der Waals surface area contributed by atoms with Gasteiger partial charge in [0.05, 0.1) is 7.11 Å². The highest BCUT2D eigenvalue weighted by Crippen LogP contribution is 2.31. The molecule has 0 unspecified atom stereocenters. The van der Waals surface area contributed by atoms with Crippen molar-refractivity contribution in [2.75, 3.05) is 38.2 Å². The van der Waals surface area contributed by atoms with Crippen LogP contribution in [-0.2, 0) is 10.0 Å². The zero-order chi connectivity index (χ0) is 19.8. The van der Waals surface area contributed by atoms with Gasteiger partial charge in [-0.25, -0.2) is 8.42 Å². The van der Waals surface area contributed by atoms with Crippen molar-refractivity contribution in [3.8, 4) is 5.75 Å². The van der Waals surface area contributed by atoms with Crippen LogP contribution in [0.25, 0.3) is 0 Å². The number of hydrogen-bond acceptors (Lipinski definition) is 4. The molecule has 1 aliphatic rings. The first-order valence-corrected chi connectivity index (χ1v) is 10.7. The van der Waals surface area contributed by atoms with Crippen molar-refractivity contribution < 1.29 is 13.2 Å². The molecule has 27 heavy (non-hydrogen) atoms. The van der Waals surface area contributed by atoms with E-state index in [-0.39, 0.29) is 4.90 Å². The Bertz CT molecular complexity index is 952. The highest BCUT2D eigenvalue weighted by molar-refractivity contribution is 7.89. The Balaban J connectivity index is 1.81. The Morgan fingerprint density at radius 3 is 2.15 bits per heavy atom. The van der Waals surface area contributed by atoms with E-state index in [0.29, 0.717) is 31.9 Å². The van der Waals surface area contributed by atoms with E-state index in [0.717, 1.165) is 27.4 Å². The fourth-order valence-electron chi connectivity index (χ4n) is 3.23. The van der Waals surface area contributed by atoms with Gasteiger partial charge in [0.25, 0.3) is 0 Å². The van der Waals surface area contributed by atoms with Crippen LogP contribution < -0.4 is 9.64 Å². The normalized spacial score (nSPS) is 15.8. The standard InChI is InChI=1S/C20H25ClN2O3S/c1-14-5-6-17(13-18(14)21)22-7-9-23(10-8-22)27(24,25)20-12-16(3)15(2)11-19(20)26-4/h5-6,11-13H,7-10H2,1-4H3. The van der Waals surface area contributed by atoms with Crippen LogP contribution in [0.1, 0.15) is 16.7 Å². The molecular weight excluding hydrogens is 384 g/mol. The maximum Gasteiger partial charge on any atom is 0.246 e. The zero-order valence-electron chi connectivity index (χ0n) is 16.1. The lowest BCUT2D eigenvalue weighted by Gasteiger charge is -2.35. The van der Waals surface area contributed by atoms with E-state index in [1.165, 1.54) is 11.4 Å². The lowest BCUT2D eigenvalue weighted by atomic mass is 10.1. The predicted octanol–water partition coefficient (Wildman–Crippen LogP) is 3.78. The average Bonchev–Trinajstić information content (AvgIpc) is 2.65. The van der Waals surface area contributed by atoms with Gasteiger partial charge in [0, 0.05) is 36.9 Å². The molecule has 1 heterocycles. The first kappa shape index (κ1) is 20.0. The third-order valence-electron chi connectivity index (χ3n) is 5.16. The number of hydrogen-bond donors (Lipinski definition) is 0. The van der Waals surface area contributed by atoms with Crippen molar-refractivity contribution in [2.45, 2.75) is 25.7 Å². The molecule has 3 rings (SSSR count). The minimum absolute atomic E-state index is 0.236. The van der Waals surface area contributed by atoms with Gasteiger partial charge in [0.1, 0.15) is 10.6 Å². The quantitative estimate of drug-likeness (QED) is 0.772. The molecule has 0 aromatic heterocycles. The second kappa shape index (κ2) is 7.70. The minimum Gasteiger partial charge on any atom is -0.495 e. The average molecular weight is 409 g/mol. The molecule has 2 aromatic carbocycles. The van der Waals surface area contributed by atoms with Gasteiger partial charge >= 0.3 is 0 Å². The summed E-state index contributed by atoms with van der Waals surface area (Å²) in [5.41, 5.74) is 3.99. The lowest BCUT2D eigenvalue weighted by Crippen LogP contribution is -2.48. The van der Waals surface area contributed by atoms with Crippen molar-refractivity contribution >= 4 is 27.3 Å². The van der Waals surface area contributed by atoms with E-state index < -0.39 is 10.0 Å². The summed E-state index contributed by atoms with van der Waals surface area (Å²) in [6, 6.07) is 9.44. The lowest BCUT2D eigenvalue weighted by molar-refractivity contribution is 0.374. The fraction of sp³-hybridized carbons (Fsp3) is 0.400. The highest BCUT2D eigenvalue weighted by Gasteiger charge is 2.31. The van der Waals surface area contributed by atoms with Gasteiger partial charge in [-0.1, -0.05) is 17.7 Å². The first-order valence-electron chi connectivity index (χ1n) is 8.90. The van der Waals surface area contributed by atoms with Crippen LogP contribution in [0.2, 0.25) is 5.02 Å². The number of rotatable bonds is 4. The van der Waals surface area contributed by atoms with E-state index in [1.807, 2.05) is 39.0 Å². The summed E-state index contributed by atoms with van der Waals surface area (Å²) in [5, 5.41) is 0.724. The van der Waals surface area contributed by atoms with Gasteiger partial charge in [0.15, 0.2) is 0 Å². The number of ether oxygens (including phenoxy) is 1. The smallest absolute Gasteiger partial charge is 0.246 e. The molecule has 0 radical (unpaired) electrons. The molecule has 7 heteroatoms. The van der Waals surface area contributed by atoms with Gasteiger partial charge in [-0.2, -0.15) is 4.31 Å². The Hall–Kier alpha value is -1.76. The number of methoxy groups -OCH3 is 1. The Labute approximate surface area is 166 Å². The molecule has 5 nitrogen and oxygen atoms in total. The van der Waals surface area contributed by atoms with Crippen molar-refractivity contribution in [3.63, 3.8) is 0 Å². The van der Waals surface area contributed by atoms with Crippen LogP contribution in [0.15, 0.2) is 35.2 Å². The molecule has 2 aromatic rings. The largest absolute Gasteiger partial charge is 0.495 e. The van der Waals surface area contributed by atoms with Gasteiger partial charge in [-0.15, -0.1) is 0 Å². The van der Waals surface area contributed by atoms with Crippen LogP contribution in [0.3, 0.4) is 0 Å². The number of piperazine rings is 1. The Morgan fingerprint density at radius 1 is 0.926 bits per heavy atom. The van der Waals surface area contributed by atoms with Crippen molar-refractivity contribution in [2.24, 2.45) is 0 Å². The number of sulfonamides is 1. The number of anilines is 1. The number of benzene rings is 2. The molecule has 0 saturated carbocycles. The third kappa shape index (κ3) is 3.93. The van der Waals surface area contributed by atoms with E-state index in [4.69, 9.17) is 16.3 Å². The van der Waals surface area contributed by atoms with E-state index >= 15 is 0 Å². The number of halogens is 1. The Morgan fingerprint density at radius 2 is 1.56 bits per heavy atom. The molecule has 0 atom stereocenters. The molecule has 0 amide bonds. The van der Waals surface area contributed by atoms with Crippen LogP contribution in [-0.4, -0.2) is 46.0 Å². The summed E-state index contributed by atoms with van der Waals surface area (Å²) in [7, 11) is -2.11. The molecule has 1 aliphatic heterocycles. The maximum atomic E-state index is 13.2. The molecule has 0 N–H and O–H groups in total. The summed E-state index contributed by atoms with van der Waals surface area (Å²) in [5.74, 6) is 0.394. The second-order valence-electron chi connectivity index (χ2n) is 6.91. The van der Waals surface area contributed by atoms with Crippen LogP contribution in [0, 0.1) is 20.8 Å². The molecule has 1 saturated heterocycles. The summed E-state index contributed by atoms with van der Waals surface area (Å²) in [6.45, 7) is 7.89. The Kier molecular flexibility index (Phi) is 5.70. The number of aryl methyl sites for hydroxylation is 3. The summed E-state index contributed by atoms with van der Waals surface area (Å²) >= 11 is 6.23. The monoisotopic (exact) mass is 408 g/mol. The first-order chi connectivity index (χ1) is 12.7. The van der Waals surface area contributed by atoms with Crippen LogP contribution in [0.5, 0.6) is 5.75 Å². The summed E-state index contributed by atoms with van der Waals surface area (Å²) in [4.78, 5) is 2.40. The number of nitrogens with zero attached hydrogens (tertiary/aromatic N) is 2. The van der Waals surface area contributed by atoms with E-state index in [9.17, 15) is 8.42 Å². The maximum absolute atomic E-state index is 13.2. The fourth-order valence-corrected chi connectivity index (χ4v) is 5.05. The highest BCUT2D eigenvalue weighted by atomic mass is 35.5. The van der Waals surface area contributed by atoms with Crippen LogP contribution >= 0.6 is 11.6 Å². The molecular formula is C20H25ClN2O3S. The third-order valence-corrected chi connectivity index (χ3v) is 7.48. The van der Waals surface area contributed by atoms with Crippen LogP contribution in [0.4, 0.5) is 5.69 Å². The van der Waals surface area contributed by atoms with E-state index in [1.54, 1.807) is 12.1 Å². The topological polar surface area (TPSA) is 49.9 Å². The predicted molar refractivity (Wildman–Crippen MR) is 110 cm³/mol. The minimum atomic E-state index is -3.61. The van der Waals surface area contributed by atoms with Crippen molar-refractivity contribution in [1.82, 2.24) is 4.31 Å². The molecule has 146 valence electrons. The molecule has 0 aliphatic carbocycles. The molecule has 0 spiro atoms. The SMILES string of the molecule is COc1cc(C)c(C)cc1S(=O)(=O)N1CCN(c2ccc(C)c(Cl)c2)CC1. The van der Waals surface area contributed by atoms with Gasteiger partial charge in [0.2, 0.25) is 10.0 Å². The summed E-state index contributed by atoms with van der Waals surface area (Å²) < 4.78 is 33.2. The van der Waals surface area contributed by atoms with Crippen molar-refractivity contribution in [1.29, 1.82) is 0 Å². The van der Waals surface area contributed by atoms with Gasteiger partial charge in [-0.05, 0) is 61.7 Å². The molecule has 1 fully saturated rings.